The summed E-state index contributed by atoms with van der Waals surface area (Å²) in [6.07, 6.45) is 2.39. The minimum atomic E-state index is -0.454. The molecule has 1 atom stereocenters. The Kier molecular flexibility index (Phi) is 7.40. The third kappa shape index (κ3) is 5.45. The highest BCUT2D eigenvalue weighted by molar-refractivity contribution is 6.21. The molecule has 1 saturated heterocycles. The summed E-state index contributed by atoms with van der Waals surface area (Å²) >= 11 is 0. The molecule has 0 aromatic heterocycles. The van der Waals surface area contributed by atoms with Crippen molar-refractivity contribution in [3.63, 3.8) is 0 Å². The van der Waals surface area contributed by atoms with E-state index in [-0.39, 0.29) is 6.10 Å². The summed E-state index contributed by atoms with van der Waals surface area (Å²) in [4.78, 5) is 25.4. The van der Waals surface area contributed by atoms with Gasteiger partial charge in [-0.3, -0.25) is 0 Å². The van der Waals surface area contributed by atoms with Crippen LogP contribution in [0.1, 0.15) is 24.0 Å². The first-order valence-electron chi connectivity index (χ1n) is 13.1. The molecule has 0 bridgehead atoms. The summed E-state index contributed by atoms with van der Waals surface area (Å²) in [5.74, 6) is 0.590. The molecule has 0 spiro atoms. The van der Waals surface area contributed by atoms with E-state index in [0.717, 1.165) is 25.0 Å². The van der Waals surface area contributed by atoms with Crippen molar-refractivity contribution in [2.24, 2.45) is 0 Å². The lowest BCUT2D eigenvalue weighted by Gasteiger charge is -2.11. The van der Waals surface area contributed by atoms with Gasteiger partial charge in [-0.1, -0.05) is 42.5 Å². The largest absolute Gasteiger partial charge is 0.491 e. The van der Waals surface area contributed by atoms with Crippen LogP contribution < -0.4 is 24.6 Å². The fourth-order valence-corrected chi connectivity index (χ4v) is 4.94. The SMILES string of the molecule is O=C1Oc2cc3c(cc2=C1c1ccccc1)OC(=O)C=3c1ccc(OCCOCCOCC2CCCO2)cc1. The summed E-state index contributed by atoms with van der Waals surface area (Å²) in [5, 5.41) is 1.20. The van der Waals surface area contributed by atoms with Crippen LogP contribution in [0.3, 0.4) is 0 Å². The lowest BCUT2D eigenvalue weighted by molar-refractivity contribution is -0.128. The highest BCUT2D eigenvalue weighted by Crippen LogP contribution is 2.27. The summed E-state index contributed by atoms with van der Waals surface area (Å²) in [6, 6.07) is 19.9. The Labute approximate surface area is 225 Å². The topological polar surface area (TPSA) is 89.5 Å². The second-order valence-electron chi connectivity index (χ2n) is 9.43. The predicted molar refractivity (Wildman–Crippen MR) is 141 cm³/mol. The van der Waals surface area contributed by atoms with Gasteiger partial charge >= 0.3 is 11.9 Å². The Morgan fingerprint density at radius 3 is 1.97 bits per heavy atom. The fourth-order valence-electron chi connectivity index (χ4n) is 4.94. The molecular formula is C31H28O8. The van der Waals surface area contributed by atoms with Crippen molar-refractivity contribution in [1.82, 2.24) is 0 Å². The molecule has 6 rings (SSSR count). The highest BCUT2D eigenvalue weighted by atomic mass is 16.6. The zero-order chi connectivity index (χ0) is 26.6. The maximum Gasteiger partial charge on any atom is 0.344 e. The van der Waals surface area contributed by atoms with Crippen LogP contribution in [0.25, 0.3) is 11.1 Å². The molecule has 0 aliphatic carbocycles. The van der Waals surface area contributed by atoms with Crippen molar-refractivity contribution < 1.29 is 38.0 Å². The average molecular weight is 529 g/mol. The minimum Gasteiger partial charge on any atom is -0.491 e. The predicted octanol–water partition coefficient (Wildman–Crippen LogP) is 2.51. The van der Waals surface area contributed by atoms with Crippen LogP contribution in [0.5, 0.6) is 17.2 Å². The minimum absolute atomic E-state index is 0.221. The van der Waals surface area contributed by atoms with Crippen molar-refractivity contribution >= 4 is 23.1 Å². The van der Waals surface area contributed by atoms with E-state index in [4.69, 9.17) is 28.4 Å². The molecule has 3 aromatic carbocycles. The zero-order valence-electron chi connectivity index (χ0n) is 21.4. The first-order chi connectivity index (χ1) is 19.2. The van der Waals surface area contributed by atoms with E-state index in [9.17, 15) is 9.59 Å². The normalized spacial score (nSPS) is 17.7. The van der Waals surface area contributed by atoms with Crippen molar-refractivity contribution in [1.29, 1.82) is 0 Å². The van der Waals surface area contributed by atoms with Gasteiger partial charge in [-0.05, 0) is 48.2 Å². The first-order valence-corrected chi connectivity index (χ1v) is 13.1. The summed E-state index contributed by atoms with van der Waals surface area (Å²) in [6.45, 7) is 3.30. The van der Waals surface area contributed by atoms with E-state index in [1.807, 2.05) is 42.5 Å². The molecule has 3 aliphatic rings. The third-order valence-corrected chi connectivity index (χ3v) is 6.84. The lowest BCUT2D eigenvalue weighted by atomic mass is 10.0. The van der Waals surface area contributed by atoms with Crippen LogP contribution in [0.2, 0.25) is 0 Å². The van der Waals surface area contributed by atoms with Gasteiger partial charge in [0.05, 0.1) is 43.7 Å². The fraction of sp³-hybridized carbons (Fsp3) is 0.290. The van der Waals surface area contributed by atoms with E-state index in [0.29, 0.717) is 77.4 Å². The quantitative estimate of drug-likeness (QED) is 0.213. The van der Waals surface area contributed by atoms with Gasteiger partial charge in [0.15, 0.2) is 0 Å². The van der Waals surface area contributed by atoms with Crippen molar-refractivity contribution in [2.45, 2.75) is 18.9 Å². The molecule has 1 fully saturated rings. The van der Waals surface area contributed by atoms with E-state index in [1.54, 1.807) is 24.3 Å². The Morgan fingerprint density at radius 2 is 1.33 bits per heavy atom. The molecular weight excluding hydrogens is 500 g/mol. The lowest BCUT2D eigenvalue weighted by Crippen LogP contribution is -2.17. The molecule has 0 saturated carbocycles. The number of fused-ring (bicyclic) bond motifs is 2. The average Bonchev–Trinajstić information content (AvgIpc) is 3.66. The van der Waals surface area contributed by atoms with Crippen LogP contribution in [-0.4, -0.2) is 57.7 Å². The molecule has 0 amide bonds. The van der Waals surface area contributed by atoms with Gasteiger partial charge in [0.25, 0.3) is 0 Å². The molecule has 0 radical (unpaired) electrons. The summed E-state index contributed by atoms with van der Waals surface area (Å²) < 4.78 is 33.5. The second-order valence-corrected chi connectivity index (χ2v) is 9.43. The van der Waals surface area contributed by atoms with Crippen LogP contribution in [0.15, 0.2) is 66.7 Å². The highest BCUT2D eigenvalue weighted by Gasteiger charge is 2.30. The molecule has 1 unspecified atom stereocenters. The van der Waals surface area contributed by atoms with Crippen molar-refractivity contribution in [3.05, 3.63) is 88.3 Å². The van der Waals surface area contributed by atoms with Gasteiger partial charge in [-0.15, -0.1) is 0 Å². The number of carbonyl (C=O) groups excluding carboxylic acids is 2. The van der Waals surface area contributed by atoms with E-state index in [2.05, 4.69) is 0 Å². The van der Waals surface area contributed by atoms with Crippen LogP contribution >= 0.6 is 0 Å². The van der Waals surface area contributed by atoms with Crippen molar-refractivity contribution in [2.75, 3.05) is 39.6 Å². The Morgan fingerprint density at radius 1 is 0.718 bits per heavy atom. The third-order valence-electron chi connectivity index (χ3n) is 6.84. The second kappa shape index (κ2) is 11.4. The monoisotopic (exact) mass is 528 g/mol. The summed E-state index contributed by atoms with van der Waals surface area (Å²) in [7, 11) is 0. The number of carbonyl (C=O) groups is 2. The molecule has 3 aliphatic heterocycles. The van der Waals surface area contributed by atoms with E-state index >= 15 is 0 Å². The number of hydrogen-bond acceptors (Lipinski definition) is 8. The van der Waals surface area contributed by atoms with Crippen LogP contribution in [0.4, 0.5) is 0 Å². The number of benzene rings is 3. The molecule has 200 valence electrons. The zero-order valence-corrected chi connectivity index (χ0v) is 21.4. The molecule has 8 nitrogen and oxygen atoms in total. The number of ether oxygens (including phenoxy) is 6. The van der Waals surface area contributed by atoms with Gasteiger partial charge < -0.3 is 28.4 Å². The number of hydrogen-bond donors (Lipinski definition) is 0. The van der Waals surface area contributed by atoms with Gasteiger partial charge in [0.1, 0.15) is 23.9 Å². The maximum absolute atomic E-state index is 12.8. The smallest absolute Gasteiger partial charge is 0.344 e. The van der Waals surface area contributed by atoms with Crippen LogP contribution in [0, 0.1) is 0 Å². The van der Waals surface area contributed by atoms with Crippen molar-refractivity contribution in [3.8, 4) is 17.2 Å². The molecule has 39 heavy (non-hydrogen) atoms. The molecule has 3 aromatic rings. The molecule has 8 heteroatoms. The van der Waals surface area contributed by atoms with E-state index in [1.165, 1.54) is 0 Å². The molecule has 0 N–H and O–H groups in total. The first kappa shape index (κ1) is 25.3. The Balaban J connectivity index is 1.09. The van der Waals surface area contributed by atoms with E-state index < -0.39 is 11.9 Å². The van der Waals surface area contributed by atoms with Crippen LogP contribution in [-0.2, 0) is 23.8 Å². The Hall–Kier alpha value is -3.98. The van der Waals surface area contributed by atoms with Gasteiger partial charge in [0.2, 0.25) is 0 Å². The maximum atomic E-state index is 12.8. The number of rotatable bonds is 11. The number of esters is 2. The van der Waals surface area contributed by atoms with Gasteiger partial charge in [-0.2, -0.15) is 0 Å². The standard InChI is InChI=1S/C31H28O8/c32-30-28(20-5-2-1-3-6-20)24-17-27-25(18-26(24)38-30)29(31(33)39-27)21-8-10-22(11-9-21)37-16-15-34-13-14-35-19-23-7-4-12-36-23/h1-3,5-6,8-11,17-18,23H,4,7,12-16,19H2. The van der Waals surface area contributed by atoms with Gasteiger partial charge in [-0.25, -0.2) is 9.59 Å². The summed E-state index contributed by atoms with van der Waals surface area (Å²) in [5.41, 5.74) is 2.30. The van der Waals surface area contributed by atoms with Gasteiger partial charge in [0, 0.05) is 17.0 Å². The Bertz CT molecular complexity index is 1490. The molecule has 3 heterocycles.